The number of nitriles is 2. The number of ketones is 1. The number of nitrogens with zero attached hydrogens (tertiary/aromatic N) is 3. The number of fused-ring (bicyclic) bond motifs is 1. The Balaban J connectivity index is 1.87. The molecule has 0 spiro atoms. The summed E-state index contributed by atoms with van der Waals surface area (Å²) in [4.78, 5) is 14.3. The molecule has 1 heterocycles. The molecule has 0 aliphatic carbocycles. The minimum absolute atomic E-state index is 0.00889. The fraction of sp³-hybridized carbons (Fsp3) is 0.174. The molecule has 1 aliphatic rings. The van der Waals surface area contributed by atoms with Crippen molar-refractivity contribution >= 4 is 11.9 Å². The lowest BCUT2D eigenvalue weighted by atomic mass is 10.0. The number of phenolic OH excluding ortho intramolecular Hbond substituents is 1. The van der Waals surface area contributed by atoms with Crippen LogP contribution in [0.3, 0.4) is 0 Å². The minimum Gasteiger partial charge on any atom is -0.507 e. The van der Waals surface area contributed by atoms with E-state index in [0.717, 1.165) is 5.56 Å². The molecular formula is C23H19N3O4. The number of para-hydroxylation sites is 1. The van der Waals surface area contributed by atoms with Crippen molar-refractivity contribution in [1.29, 1.82) is 10.5 Å². The Kier molecular flexibility index (Phi) is 6.49. The Hall–Kier alpha value is -4.07. The number of carbonyl (C=O) groups excluding carboxylic acids is 1. The fourth-order valence-corrected chi connectivity index (χ4v) is 3.10. The standard InChI is InChI=1S/C23H19N3O4/c1-29-20-7-3-2-5-16(20)6-4-8-21-22(28)17-9-10-19(27)18(23(17)30-21)15-26(13-11-24)14-12-25/h2-10,27H,13-15H2,1H3/b6-4+,21-8-. The predicted octanol–water partition coefficient (Wildman–Crippen LogP) is 3.42. The maximum atomic E-state index is 12.7. The first-order valence-corrected chi connectivity index (χ1v) is 9.14. The Labute approximate surface area is 174 Å². The van der Waals surface area contributed by atoms with Crippen LogP contribution in [0.25, 0.3) is 6.08 Å². The number of methoxy groups -OCH3 is 1. The summed E-state index contributed by atoms with van der Waals surface area (Å²) >= 11 is 0. The first-order valence-electron chi connectivity index (χ1n) is 9.14. The Morgan fingerprint density at radius 2 is 1.90 bits per heavy atom. The molecule has 30 heavy (non-hydrogen) atoms. The molecule has 0 unspecified atom stereocenters. The summed E-state index contributed by atoms with van der Waals surface area (Å²) in [5.41, 5.74) is 1.54. The third-order valence-corrected chi connectivity index (χ3v) is 4.55. The van der Waals surface area contributed by atoms with Gasteiger partial charge < -0.3 is 14.6 Å². The lowest BCUT2D eigenvalue weighted by Crippen LogP contribution is -2.24. The number of Topliss-reactive ketones (excluding diaryl/α,β-unsaturated/α-hetero) is 1. The molecule has 2 aromatic carbocycles. The van der Waals surface area contributed by atoms with Crippen LogP contribution >= 0.6 is 0 Å². The van der Waals surface area contributed by atoms with Gasteiger partial charge >= 0.3 is 0 Å². The van der Waals surface area contributed by atoms with Crippen molar-refractivity contribution < 1.29 is 19.4 Å². The van der Waals surface area contributed by atoms with Gasteiger partial charge in [-0.2, -0.15) is 10.5 Å². The van der Waals surface area contributed by atoms with E-state index in [0.29, 0.717) is 16.9 Å². The molecule has 0 saturated carbocycles. The highest BCUT2D eigenvalue weighted by Gasteiger charge is 2.31. The second kappa shape index (κ2) is 9.42. The van der Waals surface area contributed by atoms with Crippen LogP contribution in [-0.2, 0) is 6.54 Å². The molecule has 1 N–H and O–H groups in total. The highest BCUT2D eigenvalue weighted by molar-refractivity contribution is 6.12. The molecule has 0 amide bonds. The van der Waals surface area contributed by atoms with E-state index in [4.69, 9.17) is 20.0 Å². The zero-order chi connectivity index (χ0) is 21.5. The molecule has 0 radical (unpaired) electrons. The number of rotatable bonds is 7. The second-order valence-electron chi connectivity index (χ2n) is 6.46. The third kappa shape index (κ3) is 4.33. The average Bonchev–Trinajstić information content (AvgIpc) is 3.06. The van der Waals surface area contributed by atoms with Crippen molar-refractivity contribution in [2.75, 3.05) is 20.2 Å². The first kappa shape index (κ1) is 20.7. The second-order valence-corrected chi connectivity index (χ2v) is 6.46. The zero-order valence-electron chi connectivity index (χ0n) is 16.3. The lowest BCUT2D eigenvalue weighted by molar-refractivity contribution is 0.101. The summed E-state index contributed by atoms with van der Waals surface area (Å²) in [5.74, 6) is 0.709. The van der Waals surface area contributed by atoms with Crippen molar-refractivity contribution in [3.05, 3.63) is 71.0 Å². The van der Waals surface area contributed by atoms with Crippen molar-refractivity contribution in [2.45, 2.75) is 6.54 Å². The number of benzene rings is 2. The van der Waals surface area contributed by atoms with Crippen molar-refractivity contribution in [3.63, 3.8) is 0 Å². The summed E-state index contributed by atoms with van der Waals surface area (Å²) in [5, 5.41) is 28.2. The van der Waals surface area contributed by atoms with Gasteiger partial charge in [-0.25, -0.2) is 0 Å². The molecule has 2 aromatic rings. The van der Waals surface area contributed by atoms with E-state index in [2.05, 4.69) is 0 Å². The van der Waals surface area contributed by atoms with Gasteiger partial charge in [-0.1, -0.05) is 30.4 Å². The highest BCUT2D eigenvalue weighted by Crippen LogP contribution is 2.39. The number of carbonyl (C=O) groups is 1. The van der Waals surface area contributed by atoms with Crippen LogP contribution in [0.15, 0.2) is 54.3 Å². The average molecular weight is 401 g/mol. The van der Waals surface area contributed by atoms with Gasteiger partial charge in [0.25, 0.3) is 0 Å². The van der Waals surface area contributed by atoms with Crippen LogP contribution in [0.4, 0.5) is 0 Å². The number of ether oxygens (including phenoxy) is 2. The molecule has 7 heteroatoms. The molecule has 0 saturated heterocycles. The third-order valence-electron chi connectivity index (χ3n) is 4.55. The SMILES string of the molecule is COc1ccccc1/C=C/C=C1\Oc2c(ccc(O)c2CN(CC#N)CC#N)C1=O. The molecule has 0 atom stereocenters. The lowest BCUT2D eigenvalue weighted by Gasteiger charge is -2.17. The molecule has 1 aliphatic heterocycles. The Morgan fingerprint density at radius 3 is 2.60 bits per heavy atom. The van der Waals surface area contributed by atoms with Crippen LogP contribution in [0.1, 0.15) is 21.5 Å². The fourth-order valence-electron chi connectivity index (χ4n) is 3.10. The number of allylic oxidation sites excluding steroid dienone is 3. The summed E-state index contributed by atoms with van der Waals surface area (Å²) in [6.45, 7) is 0.123. The Morgan fingerprint density at radius 1 is 1.17 bits per heavy atom. The van der Waals surface area contributed by atoms with Gasteiger partial charge in [0, 0.05) is 12.1 Å². The number of hydrogen-bond donors (Lipinski definition) is 1. The monoisotopic (exact) mass is 401 g/mol. The predicted molar refractivity (Wildman–Crippen MR) is 110 cm³/mol. The van der Waals surface area contributed by atoms with Gasteiger partial charge in [0.05, 0.1) is 43.5 Å². The van der Waals surface area contributed by atoms with Crippen molar-refractivity contribution in [3.8, 4) is 29.4 Å². The van der Waals surface area contributed by atoms with Crippen LogP contribution in [0.5, 0.6) is 17.2 Å². The van der Waals surface area contributed by atoms with Gasteiger partial charge in [0.15, 0.2) is 5.76 Å². The molecule has 7 nitrogen and oxygen atoms in total. The maximum Gasteiger partial charge on any atom is 0.231 e. The van der Waals surface area contributed by atoms with E-state index in [1.54, 1.807) is 30.2 Å². The summed E-state index contributed by atoms with van der Waals surface area (Å²) in [6, 6.07) is 14.4. The summed E-state index contributed by atoms with van der Waals surface area (Å²) in [6.07, 6.45) is 5.04. The van der Waals surface area contributed by atoms with Crippen LogP contribution in [0.2, 0.25) is 0 Å². The van der Waals surface area contributed by atoms with Crippen LogP contribution in [0, 0.1) is 22.7 Å². The van der Waals surface area contributed by atoms with Gasteiger partial charge in [0.2, 0.25) is 5.78 Å². The van der Waals surface area contributed by atoms with E-state index >= 15 is 0 Å². The van der Waals surface area contributed by atoms with E-state index in [1.807, 2.05) is 36.4 Å². The largest absolute Gasteiger partial charge is 0.507 e. The van der Waals surface area contributed by atoms with Gasteiger partial charge in [-0.15, -0.1) is 0 Å². The molecule has 0 aromatic heterocycles. The highest BCUT2D eigenvalue weighted by atomic mass is 16.5. The number of hydrogen-bond acceptors (Lipinski definition) is 7. The summed E-state index contributed by atoms with van der Waals surface area (Å²) < 4.78 is 11.1. The van der Waals surface area contributed by atoms with Crippen LogP contribution in [-0.4, -0.2) is 36.0 Å². The van der Waals surface area contributed by atoms with Gasteiger partial charge in [0.1, 0.15) is 17.2 Å². The van der Waals surface area contributed by atoms with Crippen molar-refractivity contribution in [2.24, 2.45) is 0 Å². The smallest absolute Gasteiger partial charge is 0.231 e. The topological polar surface area (TPSA) is 107 Å². The normalized spacial score (nSPS) is 13.9. The Bertz CT molecular complexity index is 1090. The van der Waals surface area contributed by atoms with E-state index < -0.39 is 0 Å². The molecule has 0 bridgehead atoms. The first-order chi connectivity index (χ1) is 14.6. The van der Waals surface area contributed by atoms with Gasteiger partial charge in [-0.3, -0.25) is 9.69 Å². The molecule has 3 rings (SSSR count). The minimum atomic E-state index is -0.303. The zero-order valence-corrected chi connectivity index (χ0v) is 16.3. The summed E-state index contributed by atoms with van der Waals surface area (Å²) in [7, 11) is 1.58. The quantitative estimate of drug-likeness (QED) is 0.559. The van der Waals surface area contributed by atoms with Crippen molar-refractivity contribution in [1.82, 2.24) is 4.90 Å². The molecular weight excluding hydrogens is 382 g/mol. The number of phenols is 1. The van der Waals surface area contributed by atoms with E-state index in [9.17, 15) is 9.90 Å². The maximum absolute atomic E-state index is 12.7. The molecule has 150 valence electrons. The van der Waals surface area contributed by atoms with E-state index in [-0.39, 0.29) is 42.7 Å². The van der Waals surface area contributed by atoms with E-state index in [1.165, 1.54) is 12.1 Å². The van der Waals surface area contributed by atoms with Gasteiger partial charge in [-0.05, 0) is 24.3 Å². The number of aromatic hydroxyl groups is 1. The molecule has 0 fully saturated rings. The van der Waals surface area contributed by atoms with Crippen LogP contribution < -0.4 is 9.47 Å².